The summed E-state index contributed by atoms with van der Waals surface area (Å²) in [5, 5.41) is 2.33. The largest absolute Gasteiger partial charge is 0.444 e. The number of alkyl halides is 3. The highest BCUT2D eigenvalue weighted by Crippen LogP contribution is 2.38. The van der Waals surface area contributed by atoms with Crippen molar-refractivity contribution in [3.8, 4) is 0 Å². The van der Waals surface area contributed by atoms with E-state index < -0.39 is 29.3 Å². The predicted molar refractivity (Wildman–Crippen MR) is 170 cm³/mol. The molecule has 0 bridgehead atoms. The number of ether oxygens (including phenoxy) is 1. The molecular weight excluding hydrogens is 627 g/mol. The van der Waals surface area contributed by atoms with E-state index in [1.54, 1.807) is 28.5 Å². The molecule has 2 fully saturated rings. The fourth-order valence-electron chi connectivity index (χ4n) is 5.95. The number of fused-ring (bicyclic) bond motifs is 2. The van der Waals surface area contributed by atoms with Crippen molar-refractivity contribution in [3.05, 3.63) is 50.9 Å². The minimum atomic E-state index is -4.59. The lowest BCUT2D eigenvalue weighted by atomic mass is 9.81. The summed E-state index contributed by atoms with van der Waals surface area (Å²) in [4.78, 5) is 55.3. The summed E-state index contributed by atoms with van der Waals surface area (Å²) >= 11 is 6.10. The second-order valence-electron chi connectivity index (χ2n) is 12.7. The molecule has 2 aromatic heterocycles. The van der Waals surface area contributed by atoms with Gasteiger partial charge in [0.15, 0.2) is 11.2 Å². The molecule has 2 aliphatic rings. The number of benzene rings is 1. The van der Waals surface area contributed by atoms with E-state index in [0.717, 1.165) is 31.0 Å². The normalized spacial score (nSPS) is 18.2. The number of nitrogens with zero attached hydrogens (tertiary/aromatic N) is 6. The third-order valence-corrected chi connectivity index (χ3v) is 8.50. The maximum absolute atomic E-state index is 14.3. The molecule has 1 saturated carbocycles. The smallest absolute Gasteiger partial charge is 0.416 e. The molecule has 2 unspecified atom stereocenters. The number of carbonyl (C=O) groups excluding carboxylic acids is 2. The number of piperazine rings is 1. The standard InChI is InChI=1S/C31H37ClF3N7O4/c1-7-20-26(40-12-13-41(22-11-10-21(22)40)29(45)46-30(2,3)4)27(44)25-28(36-15-23(38-25)39(5)6)42(20)16-24(43)37-19-9-8-17(14-18(19)32)31(33,34)35/h8-9,14-15,21-22H,7,10-13,16H2,1-6H3,(H,37,43). The molecule has 2 amide bonds. The average Bonchev–Trinajstić information content (AvgIpc) is 2.93. The van der Waals surface area contributed by atoms with Gasteiger partial charge in [0.2, 0.25) is 11.3 Å². The highest BCUT2D eigenvalue weighted by atomic mass is 35.5. The number of anilines is 3. The third kappa shape index (κ3) is 6.44. The number of hydrogen-bond acceptors (Lipinski definition) is 8. The first-order valence-electron chi connectivity index (χ1n) is 15.0. The third-order valence-electron chi connectivity index (χ3n) is 8.19. The van der Waals surface area contributed by atoms with E-state index in [9.17, 15) is 27.6 Å². The van der Waals surface area contributed by atoms with Gasteiger partial charge in [-0.25, -0.2) is 14.8 Å². The molecule has 11 nitrogen and oxygen atoms in total. The fourth-order valence-corrected chi connectivity index (χ4v) is 6.18. The van der Waals surface area contributed by atoms with Crippen molar-refractivity contribution in [1.82, 2.24) is 19.4 Å². The molecule has 3 aromatic rings. The van der Waals surface area contributed by atoms with Crippen LogP contribution in [0.4, 0.5) is 35.2 Å². The predicted octanol–water partition coefficient (Wildman–Crippen LogP) is 5.32. The van der Waals surface area contributed by atoms with Gasteiger partial charge in [-0.05, 0) is 58.2 Å². The summed E-state index contributed by atoms with van der Waals surface area (Å²) in [6.07, 6.45) is -1.62. The zero-order valence-corrected chi connectivity index (χ0v) is 27.3. The second-order valence-corrected chi connectivity index (χ2v) is 13.1. The molecule has 1 aliphatic heterocycles. The first kappa shape index (κ1) is 33.3. The van der Waals surface area contributed by atoms with Crippen molar-refractivity contribution in [2.45, 2.75) is 77.4 Å². The first-order valence-corrected chi connectivity index (χ1v) is 15.4. The van der Waals surface area contributed by atoms with Crippen LogP contribution < -0.4 is 20.5 Å². The Morgan fingerprint density at radius 1 is 1.13 bits per heavy atom. The zero-order valence-electron chi connectivity index (χ0n) is 26.5. The lowest BCUT2D eigenvalue weighted by molar-refractivity contribution is -0.137. The Hall–Kier alpha value is -4.07. The van der Waals surface area contributed by atoms with Crippen LogP contribution >= 0.6 is 11.6 Å². The SMILES string of the molecule is CCc1c(N2CCN(C(=O)OC(C)(C)C)C3CCC32)c(=O)c2nc(N(C)C)cnc2n1CC(=O)Nc1ccc(C(F)(F)F)cc1Cl. The van der Waals surface area contributed by atoms with Crippen LogP contribution in [-0.4, -0.2) is 76.3 Å². The van der Waals surface area contributed by atoms with E-state index in [4.69, 9.17) is 16.3 Å². The lowest BCUT2D eigenvalue weighted by Gasteiger charge is -2.54. The van der Waals surface area contributed by atoms with Gasteiger partial charge in [0.05, 0.1) is 28.5 Å². The monoisotopic (exact) mass is 663 g/mol. The van der Waals surface area contributed by atoms with E-state index in [1.807, 2.05) is 32.6 Å². The molecular formula is C31H37ClF3N7O4. The van der Waals surface area contributed by atoms with Gasteiger partial charge in [-0.15, -0.1) is 0 Å². The maximum atomic E-state index is 14.3. The van der Waals surface area contributed by atoms with Gasteiger partial charge in [0.1, 0.15) is 23.7 Å². The average molecular weight is 664 g/mol. The van der Waals surface area contributed by atoms with Crippen LogP contribution in [0.2, 0.25) is 5.02 Å². The summed E-state index contributed by atoms with van der Waals surface area (Å²) in [6, 6.07) is 2.40. The summed E-state index contributed by atoms with van der Waals surface area (Å²) in [5.41, 5.74) is -0.696. The highest BCUT2D eigenvalue weighted by molar-refractivity contribution is 6.33. The number of aromatic nitrogens is 3. The van der Waals surface area contributed by atoms with Crippen molar-refractivity contribution in [3.63, 3.8) is 0 Å². The first-order chi connectivity index (χ1) is 21.5. The van der Waals surface area contributed by atoms with Crippen LogP contribution in [0.15, 0.2) is 29.2 Å². The molecule has 5 rings (SSSR count). The van der Waals surface area contributed by atoms with Gasteiger partial charge in [-0.2, -0.15) is 13.2 Å². The van der Waals surface area contributed by atoms with Crippen LogP contribution in [0.25, 0.3) is 11.2 Å². The summed E-state index contributed by atoms with van der Waals surface area (Å²) in [5.74, 6) is -0.134. The lowest BCUT2D eigenvalue weighted by Crippen LogP contribution is -2.67. The van der Waals surface area contributed by atoms with Gasteiger partial charge in [0.25, 0.3) is 0 Å². The van der Waals surface area contributed by atoms with Crippen molar-refractivity contribution >= 4 is 52.0 Å². The second kappa shape index (κ2) is 12.3. The van der Waals surface area contributed by atoms with Crippen molar-refractivity contribution in [2.75, 3.05) is 42.3 Å². The number of nitrogens with one attached hydrogen (secondary N) is 1. The molecule has 1 N–H and O–H groups in total. The molecule has 1 aliphatic carbocycles. The molecule has 1 saturated heterocycles. The van der Waals surface area contributed by atoms with E-state index in [2.05, 4.69) is 15.3 Å². The Labute approximate surface area is 269 Å². The molecule has 2 atom stereocenters. The van der Waals surface area contributed by atoms with E-state index in [-0.39, 0.29) is 45.9 Å². The highest BCUT2D eigenvalue weighted by Gasteiger charge is 2.47. The van der Waals surface area contributed by atoms with Gasteiger partial charge in [0, 0.05) is 38.9 Å². The Morgan fingerprint density at radius 2 is 1.83 bits per heavy atom. The molecule has 248 valence electrons. The van der Waals surface area contributed by atoms with Crippen LogP contribution in [-0.2, 0) is 28.7 Å². The van der Waals surface area contributed by atoms with E-state index in [1.165, 1.54) is 6.20 Å². The van der Waals surface area contributed by atoms with Gasteiger partial charge in [-0.3, -0.25) is 9.59 Å². The molecule has 46 heavy (non-hydrogen) atoms. The van der Waals surface area contributed by atoms with E-state index in [0.29, 0.717) is 36.7 Å². The molecule has 1 aromatic carbocycles. The zero-order chi connectivity index (χ0) is 33.7. The summed E-state index contributed by atoms with van der Waals surface area (Å²) < 4.78 is 46.7. The van der Waals surface area contributed by atoms with Crippen LogP contribution in [0, 0.1) is 0 Å². The quantitative estimate of drug-likeness (QED) is 0.377. The number of halogens is 4. The van der Waals surface area contributed by atoms with Crippen molar-refractivity contribution in [1.29, 1.82) is 0 Å². The van der Waals surface area contributed by atoms with Crippen LogP contribution in [0.1, 0.15) is 51.8 Å². The van der Waals surface area contributed by atoms with Gasteiger partial charge >= 0.3 is 12.3 Å². The number of hydrogen-bond donors (Lipinski definition) is 1. The number of pyridine rings is 1. The summed E-state index contributed by atoms with van der Waals surface area (Å²) in [7, 11) is 3.54. The molecule has 3 heterocycles. The number of rotatable bonds is 6. The topological polar surface area (TPSA) is 113 Å². The van der Waals surface area contributed by atoms with E-state index >= 15 is 0 Å². The Kier molecular flexibility index (Phi) is 8.88. The molecule has 15 heteroatoms. The fraction of sp³-hybridized carbons (Fsp3) is 0.516. The minimum absolute atomic E-state index is 0.0137. The number of amides is 2. The minimum Gasteiger partial charge on any atom is -0.444 e. The van der Waals surface area contributed by atoms with Crippen molar-refractivity contribution in [2.24, 2.45) is 0 Å². The van der Waals surface area contributed by atoms with Gasteiger partial charge in [-0.1, -0.05) is 18.5 Å². The number of carbonyl (C=O) groups is 2. The Balaban J connectivity index is 1.54. The van der Waals surface area contributed by atoms with Crippen LogP contribution in [0.3, 0.4) is 0 Å². The van der Waals surface area contributed by atoms with Gasteiger partial charge < -0.3 is 29.3 Å². The summed E-state index contributed by atoms with van der Waals surface area (Å²) in [6.45, 7) is 7.70. The van der Waals surface area contributed by atoms with Crippen LogP contribution in [0.5, 0.6) is 0 Å². The van der Waals surface area contributed by atoms with Crippen molar-refractivity contribution < 1.29 is 27.5 Å². The molecule has 0 radical (unpaired) electrons. The Morgan fingerprint density at radius 3 is 2.39 bits per heavy atom. The Bertz CT molecular complexity index is 1740. The maximum Gasteiger partial charge on any atom is 0.416 e. The molecule has 0 spiro atoms.